The number of rotatable bonds is 3. The van der Waals surface area contributed by atoms with E-state index in [0.717, 1.165) is 36.2 Å². The number of hydrogen-bond donors (Lipinski definition) is 0. The predicted octanol–water partition coefficient (Wildman–Crippen LogP) is 2.99. The van der Waals surface area contributed by atoms with Gasteiger partial charge in [-0.15, -0.1) is 0 Å². The Morgan fingerprint density at radius 1 is 1.23 bits per heavy atom. The molecule has 1 saturated carbocycles. The molecule has 1 aliphatic carbocycles. The lowest BCUT2D eigenvalue weighted by Crippen LogP contribution is -2.35. The quantitative estimate of drug-likeness (QED) is 0.861. The lowest BCUT2D eigenvalue weighted by atomic mass is 9.89. The largest absolute Gasteiger partial charge is 0.343 e. The van der Waals surface area contributed by atoms with Crippen molar-refractivity contribution in [2.75, 3.05) is 24.7 Å². The maximum absolute atomic E-state index is 12.1. The van der Waals surface area contributed by atoms with Crippen LogP contribution in [-0.2, 0) is 26.5 Å². The average molecular weight is 301 g/mol. The number of hydrogen-bond acceptors (Lipinski definition) is 3. The van der Waals surface area contributed by atoms with Crippen molar-refractivity contribution in [2.24, 2.45) is 5.92 Å². The van der Waals surface area contributed by atoms with Crippen molar-refractivity contribution in [3.8, 4) is 0 Å². The average Bonchev–Trinajstić information content (AvgIpc) is 3.25. The SMILES string of the molecule is CCN1C(=O)Cc2cc(C3(C4CCCC4)OCCO3)ccc21. The molecule has 0 spiro atoms. The highest BCUT2D eigenvalue weighted by Crippen LogP contribution is 2.47. The van der Waals surface area contributed by atoms with Crippen LogP contribution in [0.25, 0.3) is 0 Å². The van der Waals surface area contributed by atoms with Gasteiger partial charge in [0.2, 0.25) is 5.91 Å². The Hall–Kier alpha value is -1.39. The number of ether oxygens (including phenoxy) is 2. The van der Waals surface area contributed by atoms with Crippen molar-refractivity contribution in [3.63, 3.8) is 0 Å². The Labute approximate surface area is 131 Å². The molecule has 4 rings (SSSR count). The van der Waals surface area contributed by atoms with Crippen molar-refractivity contribution >= 4 is 11.6 Å². The zero-order chi connectivity index (χ0) is 15.2. The minimum absolute atomic E-state index is 0.192. The summed E-state index contributed by atoms with van der Waals surface area (Å²) < 4.78 is 12.3. The second-order valence-corrected chi connectivity index (χ2v) is 6.50. The van der Waals surface area contributed by atoms with Gasteiger partial charge in [-0.2, -0.15) is 0 Å². The Kier molecular flexibility index (Phi) is 3.46. The third kappa shape index (κ3) is 2.01. The number of fused-ring (bicyclic) bond motifs is 1. The number of carbonyl (C=O) groups excluding carboxylic acids is 1. The van der Waals surface area contributed by atoms with Gasteiger partial charge in [-0.25, -0.2) is 0 Å². The molecule has 4 nitrogen and oxygen atoms in total. The zero-order valence-electron chi connectivity index (χ0n) is 13.1. The molecule has 0 N–H and O–H groups in total. The molecule has 22 heavy (non-hydrogen) atoms. The smallest absolute Gasteiger partial charge is 0.231 e. The van der Waals surface area contributed by atoms with Crippen LogP contribution in [-0.4, -0.2) is 25.7 Å². The number of carbonyl (C=O) groups is 1. The summed E-state index contributed by atoms with van der Waals surface area (Å²) in [5.41, 5.74) is 3.26. The number of likely N-dealkylation sites (N-methyl/N-ethyl adjacent to an activating group) is 1. The topological polar surface area (TPSA) is 38.8 Å². The number of amides is 1. The van der Waals surface area contributed by atoms with E-state index in [9.17, 15) is 4.79 Å². The number of nitrogens with zero attached hydrogens (tertiary/aromatic N) is 1. The minimum Gasteiger partial charge on any atom is -0.343 e. The lowest BCUT2D eigenvalue weighted by molar-refractivity contribution is -0.203. The predicted molar refractivity (Wildman–Crippen MR) is 83.7 cm³/mol. The summed E-state index contributed by atoms with van der Waals surface area (Å²) in [6.45, 7) is 4.07. The van der Waals surface area contributed by atoms with Gasteiger partial charge < -0.3 is 14.4 Å². The summed E-state index contributed by atoms with van der Waals surface area (Å²) in [6, 6.07) is 6.32. The minimum atomic E-state index is -0.575. The molecule has 2 heterocycles. The molecule has 0 aromatic heterocycles. The van der Waals surface area contributed by atoms with Crippen LogP contribution in [0.1, 0.15) is 43.7 Å². The van der Waals surface area contributed by atoms with Gasteiger partial charge in [0.25, 0.3) is 0 Å². The first-order valence-corrected chi connectivity index (χ1v) is 8.46. The van der Waals surface area contributed by atoms with Gasteiger partial charge in [0.15, 0.2) is 5.79 Å². The van der Waals surface area contributed by atoms with Crippen LogP contribution >= 0.6 is 0 Å². The number of anilines is 1. The van der Waals surface area contributed by atoms with Crippen molar-refractivity contribution in [3.05, 3.63) is 29.3 Å². The summed E-state index contributed by atoms with van der Waals surface area (Å²) in [5, 5.41) is 0. The fourth-order valence-electron chi connectivity index (χ4n) is 4.32. The highest BCUT2D eigenvalue weighted by molar-refractivity contribution is 6.01. The fourth-order valence-corrected chi connectivity index (χ4v) is 4.32. The van der Waals surface area contributed by atoms with Gasteiger partial charge in [0.05, 0.1) is 19.6 Å². The normalized spacial score (nSPS) is 24.2. The molecule has 0 unspecified atom stereocenters. The molecule has 0 atom stereocenters. The van der Waals surface area contributed by atoms with E-state index in [1.165, 1.54) is 12.8 Å². The molecule has 2 fully saturated rings. The van der Waals surface area contributed by atoms with Gasteiger partial charge in [-0.05, 0) is 37.5 Å². The molecule has 4 heteroatoms. The number of benzene rings is 1. The first-order chi connectivity index (χ1) is 10.7. The lowest BCUT2D eigenvalue weighted by Gasteiger charge is -2.34. The molecular formula is C18H23NO3. The van der Waals surface area contributed by atoms with Crippen molar-refractivity contribution in [1.29, 1.82) is 0 Å². The van der Waals surface area contributed by atoms with E-state index in [1.54, 1.807) is 0 Å². The fraction of sp³-hybridized carbons (Fsp3) is 0.611. The van der Waals surface area contributed by atoms with E-state index in [1.807, 2.05) is 11.8 Å². The van der Waals surface area contributed by atoms with Gasteiger partial charge in [-0.1, -0.05) is 18.9 Å². The molecule has 1 aromatic rings. The molecule has 2 aliphatic heterocycles. The van der Waals surface area contributed by atoms with E-state index in [2.05, 4.69) is 18.2 Å². The van der Waals surface area contributed by atoms with Gasteiger partial charge in [-0.3, -0.25) is 4.79 Å². The first kappa shape index (κ1) is 14.2. The molecule has 0 radical (unpaired) electrons. The Bertz CT molecular complexity index is 586. The molecule has 1 aromatic carbocycles. The summed E-state index contributed by atoms with van der Waals surface area (Å²) in [6.07, 6.45) is 5.34. The van der Waals surface area contributed by atoms with Crippen molar-refractivity contribution < 1.29 is 14.3 Å². The maximum Gasteiger partial charge on any atom is 0.231 e. The molecule has 118 valence electrons. The first-order valence-electron chi connectivity index (χ1n) is 8.46. The monoisotopic (exact) mass is 301 g/mol. The third-order valence-corrected chi connectivity index (χ3v) is 5.34. The summed E-state index contributed by atoms with van der Waals surface area (Å²) in [7, 11) is 0. The van der Waals surface area contributed by atoms with Crippen LogP contribution in [0.4, 0.5) is 5.69 Å². The van der Waals surface area contributed by atoms with E-state index >= 15 is 0 Å². The summed E-state index contributed by atoms with van der Waals surface area (Å²) >= 11 is 0. The van der Waals surface area contributed by atoms with Crippen LogP contribution in [0.5, 0.6) is 0 Å². The van der Waals surface area contributed by atoms with Crippen LogP contribution in [0, 0.1) is 5.92 Å². The molecule has 3 aliphatic rings. The molecule has 1 amide bonds. The second kappa shape index (κ2) is 5.36. The maximum atomic E-state index is 12.1. The van der Waals surface area contributed by atoms with Gasteiger partial charge in [0, 0.05) is 23.7 Å². The summed E-state index contributed by atoms with van der Waals surface area (Å²) in [4.78, 5) is 14.0. The van der Waals surface area contributed by atoms with Crippen molar-refractivity contribution in [1.82, 2.24) is 0 Å². The van der Waals surface area contributed by atoms with E-state index < -0.39 is 5.79 Å². The Balaban J connectivity index is 1.73. The van der Waals surface area contributed by atoms with Crippen LogP contribution in [0.3, 0.4) is 0 Å². The van der Waals surface area contributed by atoms with Gasteiger partial charge in [0.1, 0.15) is 0 Å². The van der Waals surface area contributed by atoms with E-state index in [0.29, 0.717) is 25.6 Å². The standard InChI is InChI=1S/C18H23NO3/c1-2-19-16-8-7-15(11-13(16)12-17(19)20)18(21-9-10-22-18)14-5-3-4-6-14/h7-8,11,14H,2-6,9-10,12H2,1H3. The highest BCUT2D eigenvalue weighted by atomic mass is 16.7. The zero-order valence-corrected chi connectivity index (χ0v) is 13.1. The van der Waals surface area contributed by atoms with Crippen LogP contribution < -0.4 is 4.90 Å². The Morgan fingerprint density at radius 3 is 2.64 bits per heavy atom. The van der Waals surface area contributed by atoms with Gasteiger partial charge >= 0.3 is 0 Å². The van der Waals surface area contributed by atoms with Crippen LogP contribution in [0.2, 0.25) is 0 Å². The summed E-state index contributed by atoms with van der Waals surface area (Å²) in [5.74, 6) is 0.0547. The highest BCUT2D eigenvalue weighted by Gasteiger charge is 2.47. The second-order valence-electron chi connectivity index (χ2n) is 6.50. The van der Waals surface area contributed by atoms with E-state index in [4.69, 9.17) is 9.47 Å². The molecular weight excluding hydrogens is 278 g/mol. The third-order valence-electron chi connectivity index (χ3n) is 5.34. The molecule has 1 saturated heterocycles. The van der Waals surface area contributed by atoms with Crippen molar-refractivity contribution in [2.45, 2.75) is 44.8 Å². The molecule has 0 bridgehead atoms. The Morgan fingerprint density at radius 2 is 1.95 bits per heavy atom. The van der Waals surface area contributed by atoms with E-state index in [-0.39, 0.29) is 5.91 Å². The van der Waals surface area contributed by atoms with Crippen LogP contribution in [0.15, 0.2) is 18.2 Å².